The number of pyridine rings is 1. The van der Waals surface area contributed by atoms with Gasteiger partial charge in [-0.3, -0.25) is 0 Å². The monoisotopic (exact) mass is 311 g/mol. The number of nitrogens with zero attached hydrogens (tertiary/aromatic N) is 2. The largest absolute Gasteiger partial charge is 0.352 e. The molecule has 1 fully saturated rings. The molecule has 1 N–H and O–H groups in total. The fourth-order valence-electron chi connectivity index (χ4n) is 2.50. The molecule has 1 aromatic heterocycles. The zero-order valence-corrected chi connectivity index (χ0v) is 14.1. The molecule has 2 heterocycles. The minimum atomic E-state index is -2.91. The first-order chi connectivity index (χ1) is 9.68. The van der Waals surface area contributed by atoms with Crippen LogP contribution in [0.25, 0.3) is 0 Å². The molecule has 1 aliphatic rings. The Labute approximate surface area is 127 Å². The van der Waals surface area contributed by atoms with E-state index < -0.39 is 9.84 Å². The summed E-state index contributed by atoms with van der Waals surface area (Å²) in [5, 5.41) is 3.46. The Hall–Kier alpha value is -1.14. The van der Waals surface area contributed by atoms with Gasteiger partial charge in [0.15, 0.2) is 9.84 Å². The van der Waals surface area contributed by atoms with E-state index in [0.717, 1.165) is 17.9 Å². The van der Waals surface area contributed by atoms with Crippen LogP contribution in [0.15, 0.2) is 18.3 Å². The second kappa shape index (κ2) is 5.93. The standard InChI is InChI=1S/C15H25N3O2S/c1-12-11-21(19,20)9-8-18(12)14-13(6-5-7-16-14)10-17-15(2,3)4/h5-7,12,17H,8-11H2,1-4H3. The summed E-state index contributed by atoms with van der Waals surface area (Å²) in [7, 11) is -2.91. The van der Waals surface area contributed by atoms with Crippen LogP contribution in [-0.4, -0.2) is 43.0 Å². The molecule has 2 rings (SSSR count). The highest BCUT2D eigenvalue weighted by Crippen LogP contribution is 2.23. The quantitative estimate of drug-likeness (QED) is 0.918. The summed E-state index contributed by atoms with van der Waals surface area (Å²) in [5.74, 6) is 1.31. The smallest absolute Gasteiger partial charge is 0.154 e. The van der Waals surface area contributed by atoms with E-state index in [1.165, 1.54) is 0 Å². The zero-order valence-electron chi connectivity index (χ0n) is 13.3. The molecule has 5 nitrogen and oxygen atoms in total. The van der Waals surface area contributed by atoms with Gasteiger partial charge in [0.2, 0.25) is 0 Å². The molecule has 118 valence electrons. The van der Waals surface area contributed by atoms with E-state index in [-0.39, 0.29) is 23.1 Å². The van der Waals surface area contributed by atoms with Gasteiger partial charge in [0, 0.05) is 36.4 Å². The molecule has 1 aromatic rings. The molecule has 0 aromatic carbocycles. The highest BCUT2D eigenvalue weighted by Gasteiger charge is 2.30. The molecule has 1 atom stereocenters. The van der Waals surface area contributed by atoms with Gasteiger partial charge in [0.1, 0.15) is 5.82 Å². The molecular formula is C15H25N3O2S. The molecule has 1 aliphatic heterocycles. The van der Waals surface area contributed by atoms with Crippen molar-refractivity contribution in [3.63, 3.8) is 0 Å². The number of hydrogen-bond donors (Lipinski definition) is 1. The van der Waals surface area contributed by atoms with Crippen LogP contribution < -0.4 is 10.2 Å². The van der Waals surface area contributed by atoms with E-state index in [0.29, 0.717) is 6.54 Å². The summed E-state index contributed by atoms with van der Waals surface area (Å²) in [6.07, 6.45) is 1.77. The predicted molar refractivity (Wildman–Crippen MR) is 86.3 cm³/mol. The topological polar surface area (TPSA) is 62.3 Å². The lowest BCUT2D eigenvalue weighted by Crippen LogP contribution is -2.48. The second-order valence-electron chi connectivity index (χ2n) is 6.75. The SMILES string of the molecule is CC1CS(=O)(=O)CCN1c1ncccc1CNC(C)(C)C. The van der Waals surface area contributed by atoms with Gasteiger partial charge in [0.25, 0.3) is 0 Å². The van der Waals surface area contributed by atoms with Crippen molar-refractivity contribution >= 4 is 15.7 Å². The van der Waals surface area contributed by atoms with Gasteiger partial charge >= 0.3 is 0 Å². The fourth-order valence-corrected chi connectivity index (χ4v) is 4.06. The first kappa shape index (κ1) is 16.2. The van der Waals surface area contributed by atoms with Crippen molar-refractivity contribution in [1.82, 2.24) is 10.3 Å². The van der Waals surface area contributed by atoms with Gasteiger partial charge in [0.05, 0.1) is 11.5 Å². The van der Waals surface area contributed by atoms with Crippen LogP contribution >= 0.6 is 0 Å². The van der Waals surface area contributed by atoms with Crippen molar-refractivity contribution in [2.75, 3.05) is 23.0 Å². The molecule has 0 aliphatic carbocycles. The average molecular weight is 311 g/mol. The molecule has 1 unspecified atom stereocenters. The maximum atomic E-state index is 11.7. The van der Waals surface area contributed by atoms with Gasteiger partial charge in [-0.05, 0) is 33.8 Å². The third-order valence-corrected chi connectivity index (χ3v) is 5.41. The highest BCUT2D eigenvalue weighted by atomic mass is 32.2. The normalized spacial score (nSPS) is 22.3. The van der Waals surface area contributed by atoms with Gasteiger partial charge < -0.3 is 10.2 Å². The van der Waals surface area contributed by atoms with E-state index >= 15 is 0 Å². The number of anilines is 1. The Morgan fingerprint density at radius 1 is 1.43 bits per heavy atom. The summed E-state index contributed by atoms with van der Waals surface area (Å²) in [4.78, 5) is 6.60. The van der Waals surface area contributed by atoms with Gasteiger partial charge in [-0.2, -0.15) is 0 Å². The number of rotatable bonds is 3. The molecule has 0 spiro atoms. The van der Waals surface area contributed by atoms with Gasteiger partial charge in [-0.1, -0.05) is 6.07 Å². The van der Waals surface area contributed by atoms with Crippen molar-refractivity contribution in [2.24, 2.45) is 0 Å². The number of aromatic nitrogens is 1. The van der Waals surface area contributed by atoms with Crippen molar-refractivity contribution in [3.8, 4) is 0 Å². The van der Waals surface area contributed by atoms with E-state index in [4.69, 9.17) is 0 Å². The summed E-state index contributed by atoms with van der Waals surface area (Å²) in [6.45, 7) is 9.56. The van der Waals surface area contributed by atoms with Gasteiger partial charge in [-0.25, -0.2) is 13.4 Å². The number of nitrogens with one attached hydrogen (secondary N) is 1. The zero-order chi connectivity index (χ0) is 15.7. The first-order valence-corrected chi connectivity index (χ1v) is 9.16. The summed E-state index contributed by atoms with van der Waals surface area (Å²) in [5.41, 5.74) is 1.14. The Kier molecular flexibility index (Phi) is 4.58. The maximum Gasteiger partial charge on any atom is 0.154 e. The summed E-state index contributed by atoms with van der Waals surface area (Å²) < 4.78 is 23.4. The minimum absolute atomic E-state index is 0.0317. The third kappa shape index (κ3) is 4.41. The molecule has 0 amide bonds. The third-order valence-electron chi connectivity index (χ3n) is 3.62. The Morgan fingerprint density at radius 2 is 2.14 bits per heavy atom. The number of hydrogen-bond acceptors (Lipinski definition) is 5. The van der Waals surface area contributed by atoms with Gasteiger partial charge in [-0.15, -0.1) is 0 Å². The molecule has 0 saturated carbocycles. The lowest BCUT2D eigenvalue weighted by molar-refractivity contribution is 0.423. The van der Waals surface area contributed by atoms with Crippen LogP contribution in [-0.2, 0) is 16.4 Å². The molecule has 1 saturated heterocycles. The van der Waals surface area contributed by atoms with Crippen molar-refractivity contribution in [3.05, 3.63) is 23.9 Å². The molecule has 21 heavy (non-hydrogen) atoms. The van der Waals surface area contributed by atoms with Crippen LogP contribution in [0.5, 0.6) is 0 Å². The Morgan fingerprint density at radius 3 is 2.76 bits per heavy atom. The molecule has 0 bridgehead atoms. The van der Waals surface area contributed by atoms with Crippen LogP contribution in [0.2, 0.25) is 0 Å². The number of sulfone groups is 1. The van der Waals surface area contributed by atoms with Crippen molar-refractivity contribution < 1.29 is 8.42 Å². The summed E-state index contributed by atoms with van der Waals surface area (Å²) >= 11 is 0. The van der Waals surface area contributed by atoms with E-state index in [1.807, 2.05) is 13.0 Å². The fraction of sp³-hybridized carbons (Fsp3) is 0.667. The lowest BCUT2D eigenvalue weighted by atomic mass is 10.1. The minimum Gasteiger partial charge on any atom is -0.352 e. The highest BCUT2D eigenvalue weighted by molar-refractivity contribution is 7.91. The van der Waals surface area contributed by atoms with E-state index in [1.54, 1.807) is 6.20 Å². The van der Waals surface area contributed by atoms with Crippen LogP contribution in [0.3, 0.4) is 0 Å². The first-order valence-electron chi connectivity index (χ1n) is 7.34. The van der Waals surface area contributed by atoms with Crippen LogP contribution in [0, 0.1) is 0 Å². The van der Waals surface area contributed by atoms with Crippen LogP contribution in [0.1, 0.15) is 33.3 Å². The molecule has 6 heteroatoms. The summed E-state index contributed by atoms with van der Waals surface area (Å²) in [6, 6.07) is 3.94. The lowest BCUT2D eigenvalue weighted by Gasteiger charge is -2.35. The Balaban J connectivity index is 2.20. The van der Waals surface area contributed by atoms with Crippen molar-refractivity contribution in [1.29, 1.82) is 0 Å². The van der Waals surface area contributed by atoms with Crippen molar-refractivity contribution in [2.45, 2.75) is 45.8 Å². The van der Waals surface area contributed by atoms with Crippen LogP contribution in [0.4, 0.5) is 5.82 Å². The van der Waals surface area contributed by atoms with E-state index in [9.17, 15) is 8.42 Å². The predicted octanol–water partition coefficient (Wildman–Crippen LogP) is 1.59. The maximum absolute atomic E-state index is 11.7. The Bertz CT molecular complexity index is 593. The van der Waals surface area contributed by atoms with E-state index in [2.05, 4.69) is 42.0 Å². The molecular weight excluding hydrogens is 286 g/mol. The second-order valence-corrected chi connectivity index (χ2v) is 8.98. The average Bonchev–Trinajstić information content (AvgIpc) is 2.35. The molecule has 0 radical (unpaired) electrons.